The minimum Gasteiger partial charge on any atom is -0.273 e. The Hall–Kier alpha value is -2.22. The van der Waals surface area contributed by atoms with Gasteiger partial charge in [0.1, 0.15) is 5.66 Å². The quantitative estimate of drug-likeness (QED) is 0.887. The minimum atomic E-state index is -3.73. The summed E-state index contributed by atoms with van der Waals surface area (Å²) in [6.07, 6.45) is 0.0212. The molecule has 3 rings (SSSR count). The number of nitrogens with one attached hydrogen (secondary N) is 2. The van der Waals surface area contributed by atoms with E-state index in [-0.39, 0.29) is 17.2 Å². The summed E-state index contributed by atoms with van der Waals surface area (Å²) in [6, 6.07) is 15.5. The summed E-state index contributed by atoms with van der Waals surface area (Å²) < 4.78 is 27.7. The molecule has 1 aliphatic rings. The van der Waals surface area contributed by atoms with E-state index < -0.39 is 15.7 Å². The van der Waals surface area contributed by atoms with Gasteiger partial charge in [0.25, 0.3) is 0 Å². The van der Waals surface area contributed by atoms with Crippen molar-refractivity contribution in [1.82, 2.24) is 10.1 Å². The van der Waals surface area contributed by atoms with Crippen LogP contribution in [0.1, 0.15) is 18.9 Å². The third kappa shape index (κ3) is 3.19. The molecule has 1 fully saturated rings. The Morgan fingerprint density at radius 3 is 2.38 bits per heavy atom. The standard InChI is InChI=1S/C17H19N3O3S/c1-13-8-6-7-11-15(13)20-16(21)12-17(2,18-20)19-24(22,23)14-9-4-3-5-10-14/h3-11,18-19H,12H2,1-2H3. The molecule has 6 nitrogen and oxygen atoms in total. The van der Waals surface area contributed by atoms with E-state index in [0.29, 0.717) is 5.69 Å². The summed E-state index contributed by atoms with van der Waals surface area (Å²) in [5, 5.41) is 1.41. The number of amides is 1. The van der Waals surface area contributed by atoms with Crippen LogP contribution in [0.15, 0.2) is 59.5 Å². The first-order chi connectivity index (χ1) is 11.3. The Kier molecular flexibility index (Phi) is 4.16. The lowest BCUT2D eigenvalue weighted by Gasteiger charge is -2.27. The van der Waals surface area contributed by atoms with Crippen LogP contribution < -0.4 is 15.2 Å². The number of hydrazine groups is 1. The van der Waals surface area contributed by atoms with Crippen molar-refractivity contribution in [2.75, 3.05) is 5.01 Å². The molecule has 1 aliphatic heterocycles. The largest absolute Gasteiger partial charge is 0.273 e. The van der Waals surface area contributed by atoms with E-state index in [4.69, 9.17) is 0 Å². The third-order valence-corrected chi connectivity index (χ3v) is 5.49. The van der Waals surface area contributed by atoms with Gasteiger partial charge in [-0.2, -0.15) is 4.72 Å². The van der Waals surface area contributed by atoms with Gasteiger partial charge in [0, 0.05) is 0 Å². The number of hydrogen-bond donors (Lipinski definition) is 2. The fourth-order valence-electron chi connectivity index (χ4n) is 2.75. The number of hydrogen-bond acceptors (Lipinski definition) is 4. The van der Waals surface area contributed by atoms with Crippen LogP contribution in [0.3, 0.4) is 0 Å². The summed E-state index contributed by atoms with van der Waals surface area (Å²) in [5.41, 5.74) is 3.54. The molecule has 0 spiro atoms. The molecule has 126 valence electrons. The number of benzene rings is 2. The van der Waals surface area contributed by atoms with Crippen molar-refractivity contribution in [2.24, 2.45) is 0 Å². The van der Waals surface area contributed by atoms with Crippen molar-refractivity contribution in [3.63, 3.8) is 0 Å². The number of aryl methyl sites for hydroxylation is 1. The smallest absolute Gasteiger partial charge is 0.244 e. The fraction of sp³-hybridized carbons (Fsp3) is 0.235. The lowest BCUT2D eigenvalue weighted by molar-refractivity contribution is -0.117. The molecular formula is C17H19N3O3S. The van der Waals surface area contributed by atoms with E-state index in [1.807, 2.05) is 31.2 Å². The molecule has 0 saturated carbocycles. The van der Waals surface area contributed by atoms with E-state index in [1.54, 1.807) is 25.1 Å². The number of anilines is 1. The first-order valence-electron chi connectivity index (χ1n) is 7.56. The predicted molar refractivity (Wildman–Crippen MR) is 91.6 cm³/mol. The lowest BCUT2D eigenvalue weighted by Crippen LogP contribution is -2.56. The number of carbonyl (C=O) groups is 1. The van der Waals surface area contributed by atoms with Gasteiger partial charge >= 0.3 is 0 Å². The summed E-state index contributed by atoms with van der Waals surface area (Å²) in [5.74, 6) is -0.192. The summed E-state index contributed by atoms with van der Waals surface area (Å²) >= 11 is 0. The Labute approximate surface area is 141 Å². The van der Waals surface area contributed by atoms with E-state index in [9.17, 15) is 13.2 Å². The summed E-state index contributed by atoms with van der Waals surface area (Å²) in [6.45, 7) is 3.55. The maximum Gasteiger partial charge on any atom is 0.244 e. The maximum absolute atomic E-state index is 12.5. The van der Waals surface area contributed by atoms with Crippen LogP contribution in [-0.4, -0.2) is 20.0 Å². The van der Waals surface area contributed by atoms with Crippen LogP contribution >= 0.6 is 0 Å². The SMILES string of the molecule is Cc1ccccc1N1NC(C)(NS(=O)(=O)c2ccccc2)CC1=O. The summed E-state index contributed by atoms with van der Waals surface area (Å²) in [4.78, 5) is 12.6. The van der Waals surface area contributed by atoms with Crippen molar-refractivity contribution in [3.05, 3.63) is 60.2 Å². The molecule has 0 bridgehead atoms. The average Bonchev–Trinajstić information content (AvgIpc) is 2.82. The van der Waals surface area contributed by atoms with E-state index >= 15 is 0 Å². The zero-order valence-corrected chi connectivity index (χ0v) is 14.3. The van der Waals surface area contributed by atoms with Gasteiger partial charge in [-0.1, -0.05) is 36.4 Å². The first-order valence-corrected chi connectivity index (χ1v) is 9.04. The fourth-order valence-corrected chi connectivity index (χ4v) is 4.10. The van der Waals surface area contributed by atoms with Crippen LogP contribution in [-0.2, 0) is 14.8 Å². The first kappa shape index (κ1) is 16.6. The van der Waals surface area contributed by atoms with Crippen LogP contribution in [0.25, 0.3) is 0 Å². The minimum absolute atomic E-state index is 0.0212. The number of rotatable bonds is 4. The molecule has 2 N–H and O–H groups in total. The van der Waals surface area contributed by atoms with Crippen LogP contribution in [0.2, 0.25) is 0 Å². The number of nitrogens with zero attached hydrogens (tertiary/aromatic N) is 1. The van der Waals surface area contributed by atoms with Gasteiger partial charge in [-0.05, 0) is 37.6 Å². The zero-order valence-electron chi connectivity index (χ0n) is 13.5. The highest BCUT2D eigenvalue weighted by molar-refractivity contribution is 7.89. The normalized spacial score (nSPS) is 21.2. The number of sulfonamides is 1. The van der Waals surface area contributed by atoms with Crippen LogP contribution in [0, 0.1) is 6.92 Å². The van der Waals surface area contributed by atoms with E-state index in [1.165, 1.54) is 17.1 Å². The third-order valence-electron chi connectivity index (χ3n) is 3.88. The van der Waals surface area contributed by atoms with Crippen molar-refractivity contribution >= 4 is 21.6 Å². The molecule has 0 aliphatic carbocycles. The van der Waals surface area contributed by atoms with Gasteiger partial charge in [-0.15, -0.1) is 0 Å². The number of carbonyl (C=O) groups excluding carboxylic acids is 1. The van der Waals surface area contributed by atoms with E-state index in [2.05, 4.69) is 10.1 Å². The maximum atomic E-state index is 12.5. The van der Waals surface area contributed by atoms with Crippen molar-refractivity contribution < 1.29 is 13.2 Å². The molecule has 1 atom stereocenters. The molecule has 0 aromatic heterocycles. The Morgan fingerprint density at radius 1 is 1.08 bits per heavy atom. The van der Waals surface area contributed by atoms with Crippen molar-refractivity contribution in [3.8, 4) is 0 Å². The number of para-hydroxylation sites is 1. The van der Waals surface area contributed by atoms with Crippen molar-refractivity contribution in [2.45, 2.75) is 30.8 Å². The van der Waals surface area contributed by atoms with Gasteiger partial charge < -0.3 is 0 Å². The van der Waals surface area contributed by atoms with Gasteiger partial charge in [-0.25, -0.2) is 18.9 Å². The van der Waals surface area contributed by atoms with E-state index in [0.717, 1.165) is 5.56 Å². The zero-order chi connectivity index (χ0) is 17.4. The lowest BCUT2D eigenvalue weighted by atomic mass is 10.1. The molecule has 0 radical (unpaired) electrons. The average molecular weight is 345 g/mol. The predicted octanol–water partition coefficient (Wildman–Crippen LogP) is 1.93. The molecule has 2 aromatic rings. The molecule has 1 unspecified atom stereocenters. The van der Waals surface area contributed by atoms with Crippen LogP contribution in [0.4, 0.5) is 5.69 Å². The second-order valence-corrected chi connectivity index (χ2v) is 7.74. The Balaban J connectivity index is 1.85. The van der Waals surface area contributed by atoms with Gasteiger partial charge in [0.15, 0.2) is 0 Å². The Morgan fingerprint density at radius 2 is 1.71 bits per heavy atom. The van der Waals surface area contributed by atoms with Crippen LogP contribution in [0.5, 0.6) is 0 Å². The topological polar surface area (TPSA) is 78.5 Å². The molecule has 24 heavy (non-hydrogen) atoms. The highest BCUT2D eigenvalue weighted by Gasteiger charge is 2.43. The molecule has 1 heterocycles. The highest BCUT2D eigenvalue weighted by Crippen LogP contribution is 2.27. The second-order valence-electron chi connectivity index (χ2n) is 6.05. The van der Waals surface area contributed by atoms with Gasteiger partial charge in [-0.3, -0.25) is 4.79 Å². The molecule has 7 heteroatoms. The van der Waals surface area contributed by atoms with Gasteiger partial charge in [0.05, 0.1) is 17.0 Å². The molecule has 1 saturated heterocycles. The van der Waals surface area contributed by atoms with Crippen molar-refractivity contribution in [1.29, 1.82) is 0 Å². The van der Waals surface area contributed by atoms with Gasteiger partial charge in [0.2, 0.25) is 15.9 Å². The highest BCUT2D eigenvalue weighted by atomic mass is 32.2. The molecule has 1 amide bonds. The summed E-state index contributed by atoms with van der Waals surface area (Å²) in [7, 11) is -3.73. The molecular weight excluding hydrogens is 326 g/mol. The Bertz CT molecular complexity index is 868. The second kappa shape index (κ2) is 6.01. The molecule has 2 aromatic carbocycles. The monoisotopic (exact) mass is 345 g/mol.